The van der Waals surface area contributed by atoms with Crippen molar-refractivity contribution >= 4 is 9.76 Å². The number of alkyl halides is 14. The molecule has 0 radical (unpaired) electrons. The maximum Gasteiger partial charge on any atom is 0.460 e. The van der Waals surface area contributed by atoms with Gasteiger partial charge < -0.3 is 4.43 Å². The SMILES string of the molecule is CCO[SiH2]C(F)CC(F)(F)C(F)(F)C(F)(F)C(F)(F)C(F)(F)C(F)(F)F. The summed E-state index contributed by atoms with van der Waals surface area (Å²) in [6.45, 7) is 0.918. The molecule has 0 aromatic carbocycles. The molecule has 0 aromatic heterocycles. The van der Waals surface area contributed by atoms with Crippen molar-refractivity contribution in [3.8, 4) is 0 Å². The summed E-state index contributed by atoms with van der Waals surface area (Å²) in [5.41, 5.74) is 0. The number of hydrogen-bond acceptors (Lipinski definition) is 1. The molecule has 26 heavy (non-hydrogen) atoms. The van der Waals surface area contributed by atoms with Gasteiger partial charge in [-0.1, -0.05) is 0 Å². The Balaban J connectivity index is 5.92. The lowest BCUT2D eigenvalue weighted by Crippen LogP contribution is -2.70. The van der Waals surface area contributed by atoms with Crippen LogP contribution in [0, 0.1) is 0 Å². The molecule has 0 aliphatic heterocycles. The fraction of sp³-hybridized carbons (Fsp3) is 1.00. The highest BCUT2D eigenvalue weighted by Gasteiger charge is 2.90. The van der Waals surface area contributed by atoms with Crippen molar-refractivity contribution in [3.63, 3.8) is 0 Å². The van der Waals surface area contributed by atoms with E-state index >= 15 is 0 Å². The van der Waals surface area contributed by atoms with Crippen LogP contribution in [-0.4, -0.2) is 58.0 Å². The quantitative estimate of drug-likeness (QED) is 0.378. The van der Waals surface area contributed by atoms with Crippen molar-refractivity contribution in [1.29, 1.82) is 0 Å². The summed E-state index contributed by atoms with van der Waals surface area (Å²) in [7, 11) is -2.67. The standard InChI is InChI=1S/C10H10F14OSi/c1-2-25-26-4(11)3-5(12,13)6(14,15)7(16,17)8(18,19)9(20,21)10(22,23)24/h4H,2-3,26H2,1H3. The van der Waals surface area contributed by atoms with E-state index in [9.17, 15) is 61.5 Å². The lowest BCUT2D eigenvalue weighted by Gasteiger charge is -2.40. The fourth-order valence-corrected chi connectivity index (χ4v) is 2.48. The van der Waals surface area contributed by atoms with Crippen molar-refractivity contribution in [2.75, 3.05) is 6.61 Å². The number of hydrogen-bond donors (Lipinski definition) is 0. The van der Waals surface area contributed by atoms with Gasteiger partial charge >= 0.3 is 35.8 Å². The Morgan fingerprint density at radius 1 is 0.692 bits per heavy atom. The Kier molecular flexibility index (Phi) is 7.09. The smallest absolute Gasteiger partial charge is 0.421 e. The first kappa shape index (κ1) is 25.2. The number of halogens is 14. The first-order valence-electron chi connectivity index (χ1n) is 6.38. The zero-order valence-corrected chi connectivity index (χ0v) is 13.8. The van der Waals surface area contributed by atoms with E-state index in [-0.39, 0.29) is 6.61 Å². The third kappa shape index (κ3) is 4.04. The highest BCUT2D eigenvalue weighted by atomic mass is 28.2. The van der Waals surface area contributed by atoms with Crippen LogP contribution < -0.4 is 0 Å². The molecular weight excluding hydrogens is 430 g/mol. The molecule has 0 saturated heterocycles. The highest BCUT2D eigenvalue weighted by molar-refractivity contribution is 6.29. The average Bonchev–Trinajstić information content (AvgIpc) is 2.42. The molecule has 0 aliphatic carbocycles. The van der Waals surface area contributed by atoms with Gasteiger partial charge in [-0.15, -0.1) is 0 Å². The molecule has 16 heteroatoms. The van der Waals surface area contributed by atoms with Crippen LogP contribution in [-0.2, 0) is 4.43 Å². The molecular formula is C10H10F14OSi. The molecule has 0 amide bonds. The van der Waals surface area contributed by atoms with E-state index < -0.39 is 57.8 Å². The molecule has 0 aliphatic rings. The summed E-state index contributed by atoms with van der Waals surface area (Å²) in [4.78, 5) is 0. The molecule has 0 heterocycles. The Labute approximate surface area is 138 Å². The second-order valence-corrected chi connectivity index (χ2v) is 6.59. The predicted molar refractivity (Wildman–Crippen MR) is 60.5 cm³/mol. The van der Waals surface area contributed by atoms with Gasteiger partial charge in [-0.2, -0.15) is 57.1 Å². The molecule has 0 spiro atoms. The molecule has 1 unspecified atom stereocenters. The maximum absolute atomic E-state index is 13.2. The van der Waals surface area contributed by atoms with E-state index in [0.717, 1.165) is 0 Å². The number of rotatable bonds is 9. The summed E-state index contributed by atoms with van der Waals surface area (Å²) >= 11 is 0. The monoisotopic (exact) mass is 440 g/mol. The first-order chi connectivity index (χ1) is 11.2. The van der Waals surface area contributed by atoms with E-state index in [1.54, 1.807) is 0 Å². The molecule has 0 fully saturated rings. The van der Waals surface area contributed by atoms with Gasteiger partial charge in [0.15, 0.2) is 9.76 Å². The molecule has 0 bridgehead atoms. The van der Waals surface area contributed by atoms with Gasteiger partial charge in [-0.05, 0) is 6.92 Å². The minimum atomic E-state index is -7.96. The Morgan fingerprint density at radius 3 is 1.42 bits per heavy atom. The normalized spacial score (nSPS) is 17.2. The second kappa shape index (κ2) is 7.31. The summed E-state index contributed by atoms with van der Waals surface area (Å²) in [6.07, 6.45) is -10.3. The van der Waals surface area contributed by atoms with E-state index in [2.05, 4.69) is 4.43 Å². The summed E-state index contributed by atoms with van der Waals surface area (Å²) < 4.78 is 183. The van der Waals surface area contributed by atoms with E-state index in [1.807, 2.05) is 0 Å². The van der Waals surface area contributed by atoms with Gasteiger partial charge in [0.25, 0.3) is 0 Å². The van der Waals surface area contributed by atoms with Crippen molar-refractivity contribution < 1.29 is 65.9 Å². The maximum atomic E-state index is 13.2. The highest BCUT2D eigenvalue weighted by Crippen LogP contribution is 2.60. The molecule has 0 N–H and O–H groups in total. The topological polar surface area (TPSA) is 9.23 Å². The molecule has 1 atom stereocenters. The van der Waals surface area contributed by atoms with Crippen LogP contribution in [0.2, 0.25) is 0 Å². The van der Waals surface area contributed by atoms with Crippen LogP contribution in [0.4, 0.5) is 61.5 Å². The van der Waals surface area contributed by atoms with E-state index in [4.69, 9.17) is 0 Å². The van der Waals surface area contributed by atoms with Crippen molar-refractivity contribution in [2.45, 2.75) is 54.9 Å². The van der Waals surface area contributed by atoms with Crippen LogP contribution in [0.5, 0.6) is 0 Å². The Bertz CT molecular complexity index is 473. The fourth-order valence-electron chi connectivity index (χ4n) is 1.51. The largest absolute Gasteiger partial charge is 0.460 e. The average molecular weight is 440 g/mol. The summed E-state index contributed by atoms with van der Waals surface area (Å²) in [5, 5.41) is 0. The zero-order valence-electron chi connectivity index (χ0n) is 12.4. The zero-order chi connectivity index (χ0) is 21.4. The summed E-state index contributed by atoms with van der Waals surface area (Å²) in [6, 6.07) is 0. The van der Waals surface area contributed by atoms with Gasteiger partial charge in [0, 0.05) is 13.0 Å². The van der Waals surface area contributed by atoms with Gasteiger partial charge in [-0.25, -0.2) is 4.39 Å². The lowest BCUT2D eigenvalue weighted by atomic mass is 9.93. The van der Waals surface area contributed by atoms with Crippen molar-refractivity contribution in [3.05, 3.63) is 0 Å². The van der Waals surface area contributed by atoms with E-state index in [0.29, 0.717) is 0 Å². The van der Waals surface area contributed by atoms with Crippen LogP contribution in [0.1, 0.15) is 13.3 Å². The molecule has 158 valence electrons. The van der Waals surface area contributed by atoms with E-state index in [1.165, 1.54) is 6.92 Å². The Hall–Kier alpha value is -0.803. The van der Waals surface area contributed by atoms with Gasteiger partial charge in [-0.3, -0.25) is 0 Å². The first-order valence-corrected chi connectivity index (χ1v) is 7.77. The van der Waals surface area contributed by atoms with Gasteiger partial charge in [0.1, 0.15) is 5.79 Å². The lowest BCUT2D eigenvalue weighted by molar-refractivity contribution is -0.440. The molecule has 0 saturated carbocycles. The van der Waals surface area contributed by atoms with Crippen LogP contribution in [0.25, 0.3) is 0 Å². The third-order valence-corrected chi connectivity index (χ3v) is 4.27. The molecule has 1 nitrogen and oxygen atoms in total. The van der Waals surface area contributed by atoms with Crippen molar-refractivity contribution in [1.82, 2.24) is 0 Å². The molecule has 0 rings (SSSR count). The third-order valence-electron chi connectivity index (χ3n) is 2.98. The minimum absolute atomic E-state index is 0.291. The minimum Gasteiger partial charge on any atom is -0.421 e. The second-order valence-electron chi connectivity index (χ2n) is 4.96. The van der Waals surface area contributed by atoms with Crippen LogP contribution in [0.15, 0.2) is 0 Å². The van der Waals surface area contributed by atoms with Gasteiger partial charge in [0.2, 0.25) is 0 Å². The van der Waals surface area contributed by atoms with Gasteiger partial charge in [0.05, 0.1) is 0 Å². The predicted octanol–water partition coefficient (Wildman–Crippen LogP) is 4.53. The summed E-state index contributed by atoms with van der Waals surface area (Å²) in [5.74, 6) is -40.4. The Morgan fingerprint density at radius 2 is 1.08 bits per heavy atom. The van der Waals surface area contributed by atoms with Crippen molar-refractivity contribution in [2.24, 2.45) is 0 Å². The van der Waals surface area contributed by atoms with Crippen LogP contribution >= 0.6 is 0 Å². The van der Waals surface area contributed by atoms with Crippen LogP contribution in [0.3, 0.4) is 0 Å². The molecule has 0 aromatic rings.